The maximum atomic E-state index is 12.4. The number of alkyl halides is 3. The van der Waals surface area contributed by atoms with Crippen molar-refractivity contribution < 1.29 is 18.3 Å². The van der Waals surface area contributed by atoms with Crippen LogP contribution in [-0.2, 0) is 0 Å². The van der Waals surface area contributed by atoms with Crippen molar-refractivity contribution in [2.24, 2.45) is 11.8 Å². The molecule has 1 saturated carbocycles. The summed E-state index contributed by atoms with van der Waals surface area (Å²) in [5.41, 5.74) is 0. The highest BCUT2D eigenvalue weighted by Gasteiger charge is 2.43. The molecule has 0 aromatic rings. The molecule has 0 radical (unpaired) electrons. The number of rotatable bonds is 2. The van der Waals surface area contributed by atoms with Gasteiger partial charge in [-0.25, -0.2) is 0 Å². The first-order chi connectivity index (χ1) is 6.95. The summed E-state index contributed by atoms with van der Waals surface area (Å²) in [5, 5.41) is 9.55. The van der Waals surface area contributed by atoms with Gasteiger partial charge in [-0.05, 0) is 25.2 Å². The molecule has 86 valence electrons. The van der Waals surface area contributed by atoms with E-state index in [9.17, 15) is 18.3 Å². The zero-order chi connectivity index (χ0) is 11.5. The summed E-state index contributed by atoms with van der Waals surface area (Å²) in [5.74, 6) is 0.736. The molecule has 15 heavy (non-hydrogen) atoms. The molecule has 0 aliphatic heterocycles. The van der Waals surface area contributed by atoms with Gasteiger partial charge in [0.25, 0.3) is 0 Å². The van der Waals surface area contributed by atoms with Gasteiger partial charge in [0.15, 0.2) is 0 Å². The van der Waals surface area contributed by atoms with Gasteiger partial charge in [0, 0.05) is 6.42 Å². The van der Waals surface area contributed by atoms with Crippen molar-refractivity contribution in [3.8, 4) is 12.3 Å². The Hall–Kier alpha value is -0.690. The highest BCUT2D eigenvalue weighted by molar-refractivity contribution is 4.91. The highest BCUT2D eigenvalue weighted by Crippen LogP contribution is 2.41. The molecule has 1 N–H and O–H groups in total. The van der Waals surface area contributed by atoms with Crippen LogP contribution in [0.25, 0.3) is 0 Å². The lowest BCUT2D eigenvalue weighted by molar-refractivity contribution is -0.188. The Labute approximate surface area is 87.7 Å². The Balaban J connectivity index is 2.53. The standard InChI is InChI=1S/C11H15F3O/c1-2-4-10(15)8-5-3-6-9(7-8)11(12,13)14/h1,8-10,15H,3-7H2. The molecule has 3 unspecified atom stereocenters. The molecule has 1 fully saturated rings. The fourth-order valence-corrected chi connectivity index (χ4v) is 2.16. The smallest absolute Gasteiger partial charge is 0.391 e. The zero-order valence-electron chi connectivity index (χ0n) is 8.43. The van der Waals surface area contributed by atoms with Crippen molar-refractivity contribution >= 4 is 0 Å². The Morgan fingerprint density at radius 2 is 2.07 bits per heavy atom. The van der Waals surface area contributed by atoms with Crippen LogP contribution in [0, 0.1) is 24.2 Å². The second-order valence-corrected chi connectivity index (χ2v) is 4.14. The Morgan fingerprint density at radius 3 is 2.60 bits per heavy atom. The molecule has 0 heterocycles. The third-order valence-electron chi connectivity index (χ3n) is 3.05. The van der Waals surface area contributed by atoms with E-state index in [1.165, 1.54) is 0 Å². The second kappa shape index (κ2) is 4.89. The summed E-state index contributed by atoms with van der Waals surface area (Å²) in [4.78, 5) is 0. The predicted octanol–water partition coefficient (Wildman–Crippen LogP) is 2.74. The van der Waals surface area contributed by atoms with Crippen LogP contribution in [0.15, 0.2) is 0 Å². The van der Waals surface area contributed by atoms with Crippen molar-refractivity contribution in [2.75, 3.05) is 0 Å². The summed E-state index contributed by atoms with van der Waals surface area (Å²) < 4.78 is 37.3. The molecule has 1 rings (SSSR count). The van der Waals surface area contributed by atoms with Gasteiger partial charge in [-0.1, -0.05) is 6.42 Å². The molecule has 1 aliphatic rings. The van der Waals surface area contributed by atoms with E-state index in [1.54, 1.807) is 0 Å². The van der Waals surface area contributed by atoms with Crippen LogP contribution in [0.2, 0.25) is 0 Å². The summed E-state index contributed by atoms with van der Waals surface area (Å²) >= 11 is 0. The van der Waals surface area contributed by atoms with E-state index >= 15 is 0 Å². The lowest BCUT2D eigenvalue weighted by atomic mass is 9.78. The SMILES string of the molecule is C#CCC(O)C1CCCC(C(F)(F)F)C1. The maximum Gasteiger partial charge on any atom is 0.391 e. The van der Waals surface area contributed by atoms with Crippen LogP contribution in [0.5, 0.6) is 0 Å². The lowest BCUT2D eigenvalue weighted by Gasteiger charge is -2.32. The molecular weight excluding hydrogens is 205 g/mol. The van der Waals surface area contributed by atoms with Gasteiger partial charge in [-0.2, -0.15) is 13.2 Å². The van der Waals surface area contributed by atoms with Gasteiger partial charge >= 0.3 is 6.18 Å². The van der Waals surface area contributed by atoms with Crippen LogP contribution in [0.4, 0.5) is 13.2 Å². The number of halogens is 3. The first kappa shape index (κ1) is 12.4. The maximum absolute atomic E-state index is 12.4. The Kier molecular flexibility index (Phi) is 4.04. The summed E-state index contributed by atoms with van der Waals surface area (Å²) in [6, 6.07) is 0. The molecule has 0 amide bonds. The normalized spacial score (nSPS) is 29.5. The predicted molar refractivity (Wildman–Crippen MR) is 51.0 cm³/mol. The highest BCUT2D eigenvalue weighted by atomic mass is 19.4. The molecule has 0 spiro atoms. The van der Waals surface area contributed by atoms with E-state index < -0.39 is 18.2 Å². The average molecular weight is 220 g/mol. The van der Waals surface area contributed by atoms with E-state index in [0.717, 1.165) is 0 Å². The summed E-state index contributed by atoms with van der Waals surface area (Å²) in [6.45, 7) is 0. The molecule has 1 aliphatic carbocycles. The van der Waals surface area contributed by atoms with Gasteiger partial charge in [-0.3, -0.25) is 0 Å². The van der Waals surface area contributed by atoms with Crippen molar-refractivity contribution in [1.29, 1.82) is 0 Å². The first-order valence-corrected chi connectivity index (χ1v) is 5.13. The van der Waals surface area contributed by atoms with E-state index in [4.69, 9.17) is 6.42 Å². The molecule has 3 atom stereocenters. The van der Waals surface area contributed by atoms with Crippen LogP contribution in [0.1, 0.15) is 32.1 Å². The molecule has 1 nitrogen and oxygen atoms in total. The molecule has 4 heteroatoms. The zero-order valence-corrected chi connectivity index (χ0v) is 8.43. The molecule has 0 aromatic carbocycles. The number of terminal acetylenes is 1. The minimum absolute atomic E-state index is 0.0202. The first-order valence-electron chi connectivity index (χ1n) is 5.13. The number of hydrogen-bond acceptors (Lipinski definition) is 1. The molecular formula is C11H15F3O. The lowest BCUT2D eigenvalue weighted by Crippen LogP contribution is -2.33. The van der Waals surface area contributed by atoms with Gasteiger partial charge in [0.2, 0.25) is 0 Å². The fourth-order valence-electron chi connectivity index (χ4n) is 2.16. The summed E-state index contributed by atoms with van der Waals surface area (Å²) in [6.07, 6.45) is 1.64. The largest absolute Gasteiger partial charge is 0.392 e. The van der Waals surface area contributed by atoms with E-state index in [2.05, 4.69) is 5.92 Å². The van der Waals surface area contributed by atoms with Crippen molar-refractivity contribution in [3.63, 3.8) is 0 Å². The fraction of sp³-hybridized carbons (Fsp3) is 0.818. The minimum Gasteiger partial charge on any atom is -0.392 e. The van der Waals surface area contributed by atoms with Crippen LogP contribution in [0.3, 0.4) is 0 Å². The summed E-state index contributed by atoms with van der Waals surface area (Å²) in [7, 11) is 0. The third kappa shape index (κ3) is 3.42. The van der Waals surface area contributed by atoms with Crippen molar-refractivity contribution in [1.82, 2.24) is 0 Å². The number of aliphatic hydroxyl groups is 1. The minimum atomic E-state index is -4.13. The van der Waals surface area contributed by atoms with E-state index in [-0.39, 0.29) is 25.2 Å². The van der Waals surface area contributed by atoms with Crippen molar-refractivity contribution in [2.45, 2.75) is 44.4 Å². The van der Waals surface area contributed by atoms with Gasteiger partial charge in [0.05, 0.1) is 12.0 Å². The van der Waals surface area contributed by atoms with Crippen LogP contribution in [-0.4, -0.2) is 17.4 Å². The van der Waals surface area contributed by atoms with E-state index in [1.807, 2.05) is 0 Å². The van der Waals surface area contributed by atoms with Crippen LogP contribution < -0.4 is 0 Å². The Bertz CT molecular complexity index is 241. The quantitative estimate of drug-likeness (QED) is 0.709. The van der Waals surface area contributed by atoms with Crippen molar-refractivity contribution in [3.05, 3.63) is 0 Å². The van der Waals surface area contributed by atoms with Gasteiger partial charge in [-0.15, -0.1) is 12.3 Å². The van der Waals surface area contributed by atoms with E-state index in [0.29, 0.717) is 12.8 Å². The van der Waals surface area contributed by atoms with Crippen LogP contribution >= 0.6 is 0 Å². The van der Waals surface area contributed by atoms with Gasteiger partial charge < -0.3 is 5.11 Å². The topological polar surface area (TPSA) is 20.2 Å². The molecule has 0 bridgehead atoms. The number of hydrogen-bond donors (Lipinski definition) is 1. The molecule has 0 saturated heterocycles. The monoisotopic (exact) mass is 220 g/mol. The third-order valence-corrected chi connectivity index (χ3v) is 3.05. The average Bonchev–Trinajstić information content (AvgIpc) is 2.17. The van der Waals surface area contributed by atoms with Gasteiger partial charge in [0.1, 0.15) is 0 Å². The number of aliphatic hydroxyl groups excluding tert-OH is 1. The second-order valence-electron chi connectivity index (χ2n) is 4.14. The molecule has 0 aromatic heterocycles. The Morgan fingerprint density at radius 1 is 1.40 bits per heavy atom.